The van der Waals surface area contributed by atoms with Crippen LogP contribution in [0.15, 0.2) is 107 Å². The van der Waals surface area contributed by atoms with Gasteiger partial charge in [0, 0.05) is 23.3 Å². The topological polar surface area (TPSA) is 114 Å². The standard InChI is InChI=1S/C28H18N2O6/c31-27-21(16-24-13-14-26(36-24)19-9-11-22(12-10-19)30(34)35)17-25(18-5-2-1-3-6-18)29(27)23-8-4-7-20(15-23)28(32)33/h1-17H,(H,32,33). The number of hydrogen-bond donors (Lipinski definition) is 1. The molecule has 0 spiro atoms. The van der Waals surface area contributed by atoms with Gasteiger partial charge in [0.2, 0.25) is 0 Å². The molecule has 0 aliphatic carbocycles. The highest BCUT2D eigenvalue weighted by molar-refractivity contribution is 6.23. The van der Waals surface area contributed by atoms with Crippen LogP contribution in [0.3, 0.4) is 0 Å². The van der Waals surface area contributed by atoms with Gasteiger partial charge in [-0.3, -0.25) is 19.8 Å². The number of hydrogen-bond acceptors (Lipinski definition) is 5. The zero-order chi connectivity index (χ0) is 25.2. The second-order valence-corrected chi connectivity index (χ2v) is 8.00. The summed E-state index contributed by atoms with van der Waals surface area (Å²) in [7, 11) is 0. The van der Waals surface area contributed by atoms with E-state index in [4.69, 9.17) is 4.42 Å². The lowest BCUT2D eigenvalue weighted by Crippen LogP contribution is -2.25. The number of nitrogens with zero attached hydrogens (tertiary/aromatic N) is 2. The van der Waals surface area contributed by atoms with Crippen LogP contribution in [0.2, 0.25) is 0 Å². The Balaban J connectivity index is 1.52. The average molecular weight is 478 g/mol. The molecular formula is C28H18N2O6. The summed E-state index contributed by atoms with van der Waals surface area (Å²) in [5.41, 5.74) is 2.91. The van der Waals surface area contributed by atoms with Crippen molar-refractivity contribution in [2.24, 2.45) is 0 Å². The van der Waals surface area contributed by atoms with E-state index in [2.05, 4.69) is 0 Å². The van der Waals surface area contributed by atoms with E-state index in [0.29, 0.717) is 34.0 Å². The summed E-state index contributed by atoms with van der Waals surface area (Å²) in [5.74, 6) is -0.486. The van der Waals surface area contributed by atoms with E-state index in [0.717, 1.165) is 5.56 Å². The molecule has 0 saturated carbocycles. The van der Waals surface area contributed by atoms with Crippen LogP contribution in [0, 0.1) is 10.1 Å². The van der Waals surface area contributed by atoms with Crippen LogP contribution in [0.4, 0.5) is 11.4 Å². The number of nitro groups is 1. The van der Waals surface area contributed by atoms with E-state index in [-0.39, 0.29) is 17.2 Å². The van der Waals surface area contributed by atoms with Crippen molar-refractivity contribution in [3.8, 4) is 11.3 Å². The minimum Gasteiger partial charge on any atom is -0.478 e. The Morgan fingerprint density at radius 1 is 0.917 bits per heavy atom. The quantitative estimate of drug-likeness (QED) is 0.206. The second kappa shape index (κ2) is 9.19. The molecular weight excluding hydrogens is 460 g/mol. The Hall–Kier alpha value is -5.24. The molecule has 2 heterocycles. The van der Waals surface area contributed by atoms with Crippen LogP contribution in [0.5, 0.6) is 0 Å². The monoisotopic (exact) mass is 478 g/mol. The van der Waals surface area contributed by atoms with Crippen molar-refractivity contribution in [3.05, 3.63) is 130 Å². The molecule has 1 aliphatic heterocycles. The number of carbonyl (C=O) groups excluding carboxylic acids is 1. The second-order valence-electron chi connectivity index (χ2n) is 8.00. The first-order valence-corrected chi connectivity index (χ1v) is 10.9. The molecule has 176 valence electrons. The van der Waals surface area contributed by atoms with Crippen molar-refractivity contribution in [1.82, 2.24) is 0 Å². The fraction of sp³-hybridized carbons (Fsp3) is 0. The van der Waals surface area contributed by atoms with Gasteiger partial charge in [0.15, 0.2) is 0 Å². The number of carboxylic acids is 1. The molecule has 1 aliphatic rings. The number of benzene rings is 3. The highest BCUT2D eigenvalue weighted by Gasteiger charge is 2.31. The van der Waals surface area contributed by atoms with E-state index < -0.39 is 10.9 Å². The zero-order valence-corrected chi connectivity index (χ0v) is 18.7. The van der Waals surface area contributed by atoms with Crippen molar-refractivity contribution in [2.75, 3.05) is 4.90 Å². The predicted octanol–water partition coefficient (Wildman–Crippen LogP) is 6.02. The third-order valence-electron chi connectivity index (χ3n) is 5.69. The molecule has 0 atom stereocenters. The normalized spacial score (nSPS) is 14.2. The number of rotatable bonds is 6. The number of furan rings is 1. The third kappa shape index (κ3) is 4.30. The van der Waals surface area contributed by atoms with E-state index in [1.54, 1.807) is 48.6 Å². The van der Waals surface area contributed by atoms with Gasteiger partial charge in [-0.05, 0) is 60.2 Å². The number of nitro benzene ring substituents is 1. The van der Waals surface area contributed by atoms with Crippen LogP contribution in [0.1, 0.15) is 21.7 Å². The van der Waals surface area contributed by atoms with Crippen molar-refractivity contribution in [3.63, 3.8) is 0 Å². The van der Waals surface area contributed by atoms with Gasteiger partial charge < -0.3 is 9.52 Å². The minimum atomic E-state index is -1.08. The maximum atomic E-state index is 13.5. The van der Waals surface area contributed by atoms with Gasteiger partial charge in [0.25, 0.3) is 11.6 Å². The van der Waals surface area contributed by atoms with Gasteiger partial charge in [-0.1, -0.05) is 36.4 Å². The van der Waals surface area contributed by atoms with Gasteiger partial charge in [0.1, 0.15) is 11.5 Å². The third-order valence-corrected chi connectivity index (χ3v) is 5.69. The van der Waals surface area contributed by atoms with E-state index in [1.807, 2.05) is 30.3 Å². The molecule has 0 fully saturated rings. The summed E-state index contributed by atoms with van der Waals surface area (Å²) in [6.07, 6.45) is 3.35. The van der Waals surface area contributed by atoms with Crippen molar-refractivity contribution >= 4 is 35.0 Å². The van der Waals surface area contributed by atoms with E-state index >= 15 is 0 Å². The molecule has 0 bridgehead atoms. The van der Waals surface area contributed by atoms with Crippen LogP contribution < -0.4 is 4.90 Å². The number of aromatic carboxylic acids is 1. The molecule has 36 heavy (non-hydrogen) atoms. The number of non-ortho nitro benzene ring substituents is 1. The molecule has 1 amide bonds. The highest BCUT2D eigenvalue weighted by atomic mass is 16.6. The van der Waals surface area contributed by atoms with Crippen molar-refractivity contribution in [2.45, 2.75) is 0 Å². The summed E-state index contributed by atoms with van der Waals surface area (Å²) in [6, 6.07) is 25.0. The molecule has 0 unspecified atom stereocenters. The van der Waals surface area contributed by atoms with Crippen LogP contribution in [-0.4, -0.2) is 21.9 Å². The Kier molecular flexibility index (Phi) is 5.75. The highest BCUT2D eigenvalue weighted by Crippen LogP contribution is 2.36. The average Bonchev–Trinajstić information content (AvgIpc) is 3.49. The largest absolute Gasteiger partial charge is 0.478 e. The summed E-state index contributed by atoms with van der Waals surface area (Å²) in [4.78, 5) is 36.9. The fourth-order valence-corrected chi connectivity index (χ4v) is 3.96. The summed E-state index contributed by atoms with van der Waals surface area (Å²) >= 11 is 0. The Bertz CT molecular complexity index is 1550. The minimum absolute atomic E-state index is 0.0187. The molecule has 0 radical (unpaired) electrons. The summed E-state index contributed by atoms with van der Waals surface area (Å²) in [6.45, 7) is 0. The zero-order valence-electron chi connectivity index (χ0n) is 18.7. The molecule has 8 nitrogen and oxygen atoms in total. The van der Waals surface area contributed by atoms with E-state index in [1.165, 1.54) is 29.2 Å². The fourth-order valence-electron chi connectivity index (χ4n) is 3.96. The first-order valence-electron chi connectivity index (χ1n) is 10.9. The number of amides is 1. The molecule has 3 aromatic carbocycles. The number of carboxylic acid groups (broad SMARTS) is 1. The lowest BCUT2D eigenvalue weighted by molar-refractivity contribution is -0.384. The maximum absolute atomic E-state index is 13.5. The predicted molar refractivity (Wildman–Crippen MR) is 134 cm³/mol. The molecule has 1 N–H and O–H groups in total. The first kappa shape index (κ1) is 22.5. The molecule has 8 heteroatoms. The van der Waals surface area contributed by atoms with Crippen LogP contribution in [-0.2, 0) is 4.79 Å². The summed E-state index contributed by atoms with van der Waals surface area (Å²) in [5, 5.41) is 20.3. The SMILES string of the molecule is O=C(O)c1cccc(N2C(=O)C(=Cc3ccc(-c4ccc([N+](=O)[O-])cc4)o3)C=C2c2ccccc2)c1. The molecule has 5 rings (SSSR count). The number of carbonyl (C=O) groups is 2. The van der Waals surface area contributed by atoms with Crippen LogP contribution >= 0.6 is 0 Å². The lowest BCUT2D eigenvalue weighted by Gasteiger charge is -2.21. The van der Waals surface area contributed by atoms with Gasteiger partial charge in [-0.15, -0.1) is 0 Å². The smallest absolute Gasteiger partial charge is 0.335 e. The number of anilines is 1. The van der Waals surface area contributed by atoms with Gasteiger partial charge in [-0.2, -0.15) is 0 Å². The Labute approximate surface area is 205 Å². The molecule has 4 aromatic rings. The summed E-state index contributed by atoms with van der Waals surface area (Å²) < 4.78 is 5.89. The Morgan fingerprint density at radius 3 is 2.36 bits per heavy atom. The molecule has 1 aromatic heterocycles. The van der Waals surface area contributed by atoms with Gasteiger partial charge in [-0.25, -0.2) is 4.79 Å². The molecule has 0 saturated heterocycles. The van der Waals surface area contributed by atoms with Gasteiger partial charge in [0.05, 0.1) is 21.9 Å². The lowest BCUT2D eigenvalue weighted by atomic mass is 10.1. The van der Waals surface area contributed by atoms with E-state index in [9.17, 15) is 24.8 Å². The Morgan fingerprint density at radius 2 is 1.67 bits per heavy atom. The maximum Gasteiger partial charge on any atom is 0.335 e. The van der Waals surface area contributed by atoms with Crippen molar-refractivity contribution in [1.29, 1.82) is 0 Å². The first-order chi connectivity index (χ1) is 17.4. The van der Waals surface area contributed by atoms with Gasteiger partial charge >= 0.3 is 5.97 Å². The van der Waals surface area contributed by atoms with Crippen LogP contribution in [0.25, 0.3) is 23.1 Å². The van der Waals surface area contributed by atoms with Crippen molar-refractivity contribution < 1.29 is 24.0 Å².